The largest absolute Gasteiger partial charge is 0.452 e. The van der Waals surface area contributed by atoms with E-state index in [1.165, 1.54) is 22.3 Å². The van der Waals surface area contributed by atoms with Gasteiger partial charge in [-0.15, -0.1) is 0 Å². The fourth-order valence-corrected chi connectivity index (χ4v) is 7.68. The molecule has 0 saturated carbocycles. The van der Waals surface area contributed by atoms with Gasteiger partial charge in [-0.05, 0) is 82.9 Å². The summed E-state index contributed by atoms with van der Waals surface area (Å²) in [5.74, 6) is 0. The molecular weight excluding hydrogens is 585 g/mol. The van der Waals surface area contributed by atoms with Crippen molar-refractivity contribution in [2.24, 2.45) is 0 Å². The molecule has 9 rings (SSSR count). The van der Waals surface area contributed by atoms with Gasteiger partial charge in [-0.25, -0.2) is 0 Å². The van der Waals surface area contributed by atoms with E-state index in [4.69, 9.17) is 4.42 Å². The van der Waals surface area contributed by atoms with Crippen molar-refractivity contribution in [3.8, 4) is 11.1 Å². The van der Waals surface area contributed by atoms with Crippen LogP contribution in [-0.2, 0) is 5.41 Å². The van der Waals surface area contributed by atoms with Crippen LogP contribution in [0.15, 0.2) is 174 Å². The lowest BCUT2D eigenvalue weighted by atomic mass is 9.81. The smallest absolute Gasteiger partial charge is 0.159 e. The molecule has 0 radical (unpaired) electrons. The Kier molecular flexibility index (Phi) is 6.48. The summed E-state index contributed by atoms with van der Waals surface area (Å²) >= 11 is 0. The molecule has 3 heteroatoms. The van der Waals surface area contributed by atoms with E-state index in [0.29, 0.717) is 0 Å². The van der Waals surface area contributed by atoms with Gasteiger partial charge in [0.25, 0.3) is 0 Å². The summed E-state index contributed by atoms with van der Waals surface area (Å²) in [6, 6.07) is 60.2. The number of benzene rings is 7. The first kappa shape index (κ1) is 28.2. The standard InChI is InChI=1S/C45H34N2O/c1-45(2)39-28-16-15-26-35(39)37-30-38-36-27-17-29-40(46(31-18-7-3-8-19-31)32-20-9-4-10-21-32)43(36)48-44(38)42(41(37)45)47(33-22-11-5-12-23-33)34-24-13-6-14-25-34/h3-30H,1-2H3. The third-order valence-electron chi connectivity index (χ3n) is 9.78. The molecule has 3 nitrogen and oxygen atoms in total. The number of rotatable bonds is 6. The van der Waals surface area contributed by atoms with Crippen molar-refractivity contribution < 1.29 is 4.42 Å². The number of hydrogen-bond acceptors (Lipinski definition) is 3. The van der Waals surface area contributed by atoms with E-state index in [1.807, 2.05) is 0 Å². The topological polar surface area (TPSA) is 19.6 Å². The second-order valence-electron chi connectivity index (χ2n) is 13.0. The van der Waals surface area contributed by atoms with Gasteiger partial charge >= 0.3 is 0 Å². The minimum absolute atomic E-state index is 0.265. The lowest BCUT2D eigenvalue weighted by Gasteiger charge is -2.32. The predicted molar refractivity (Wildman–Crippen MR) is 201 cm³/mol. The molecule has 0 spiro atoms. The van der Waals surface area contributed by atoms with Crippen molar-refractivity contribution >= 4 is 56.1 Å². The zero-order valence-corrected chi connectivity index (χ0v) is 27.0. The fraction of sp³-hybridized carbons (Fsp3) is 0.0667. The Morgan fingerprint density at radius 2 is 0.938 bits per heavy atom. The molecule has 0 atom stereocenters. The van der Waals surface area contributed by atoms with E-state index in [1.54, 1.807) is 0 Å². The lowest BCUT2D eigenvalue weighted by Crippen LogP contribution is -2.21. The number of hydrogen-bond donors (Lipinski definition) is 0. The van der Waals surface area contributed by atoms with E-state index >= 15 is 0 Å². The highest BCUT2D eigenvalue weighted by Crippen LogP contribution is 2.58. The molecule has 0 fully saturated rings. The van der Waals surface area contributed by atoms with Crippen molar-refractivity contribution in [1.29, 1.82) is 0 Å². The molecule has 0 saturated heterocycles. The van der Waals surface area contributed by atoms with Crippen LogP contribution in [-0.4, -0.2) is 0 Å². The Morgan fingerprint density at radius 1 is 0.438 bits per heavy atom. The monoisotopic (exact) mass is 618 g/mol. The quantitative estimate of drug-likeness (QED) is 0.185. The van der Waals surface area contributed by atoms with E-state index < -0.39 is 0 Å². The van der Waals surface area contributed by atoms with Crippen molar-refractivity contribution in [2.45, 2.75) is 19.3 Å². The molecule has 1 heterocycles. The van der Waals surface area contributed by atoms with Crippen molar-refractivity contribution in [3.05, 3.63) is 181 Å². The van der Waals surface area contributed by atoms with Gasteiger partial charge in [-0.2, -0.15) is 0 Å². The maximum absolute atomic E-state index is 7.30. The van der Waals surface area contributed by atoms with Gasteiger partial charge in [-0.3, -0.25) is 0 Å². The summed E-state index contributed by atoms with van der Waals surface area (Å²) < 4.78 is 7.30. The van der Waals surface area contributed by atoms with Gasteiger partial charge in [-0.1, -0.05) is 123 Å². The maximum atomic E-state index is 7.30. The summed E-state index contributed by atoms with van der Waals surface area (Å²) in [5, 5.41) is 2.19. The molecule has 1 aromatic heterocycles. The van der Waals surface area contributed by atoms with Crippen LogP contribution in [0.25, 0.3) is 33.1 Å². The summed E-state index contributed by atoms with van der Waals surface area (Å²) in [6.07, 6.45) is 0. The number of nitrogens with zero attached hydrogens (tertiary/aromatic N) is 2. The number of para-hydroxylation sites is 5. The molecule has 0 unspecified atom stereocenters. The van der Waals surface area contributed by atoms with Crippen LogP contribution < -0.4 is 9.80 Å². The average Bonchev–Trinajstić information content (AvgIpc) is 3.63. The van der Waals surface area contributed by atoms with E-state index in [-0.39, 0.29) is 5.41 Å². The van der Waals surface area contributed by atoms with Crippen LogP contribution in [0.3, 0.4) is 0 Å². The molecule has 0 amide bonds. The van der Waals surface area contributed by atoms with Crippen LogP contribution in [0.2, 0.25) is 0 Å². The van der Waals surface area contributed by atoms with E-state index in [2.05, 4.69) is 194 Å². The molecule has 8 aromatic rings. The van der Waals surface area contributed by atoms with E-state index in [9.17, 15) is 0 Å². The summed E-state index contributed by atoms with van der Waals surface area (Å²) in [4.78, 5) is 4.69. The second kappa shape index (κ2) is 11.0. The van der Waals surface area contributed by atoms with Crippen molar-refractivity contribution in [2.75, 3.05) is 9.80 Å². The Labute approximate surface area is 280 Å². The van der Waals surface area contributed by atoms with E-state index in [0.717, 1.165) is 56.1 Å². The SMILES string of the molecule is CC1(C)c2ccccc2-c2cc3c(oc4c(N(c5ccccc5)c5ccccc5)cccc43)c(N(c3ccccc3)c3ccccc3)c21. The van der Waals surface area contributed by atoms with Crippen molar-refractivity contribution in [3.63, 3.8) is 0 Å². The Hall–Kier alpha value is -6.06. The molecule has 7 aromatic carbocycles. The number of furan rings is 1. The van der Waals surface area contributed by atoms with Crippen LogP contribution in [0.1, 0.15) is 25.0 Å². The molecule has 0 bridgehead atoms. The first-order valence-electron chi connectivity index (χ1n) is 16.5. The van der Waals surface area contributed by atoms with Gasteiger partial charge in [0.1, 0.15) is 0 Å². The number of anilines is 6. The molecule has 1 aliphatic carbocycles. The molecular formula is C45H34N2O. The Balaban J connectivity index is 1.42. The van der Waals surface area contributed by atoms with Gasteiger partial charge in [0.05, 0.1) is 11.4 Å². The average molecular weight is 619 g/mol. The van der Waals surface area contributed by atoms with Crippen LogP contribution in [0, 0.1) is 0 Å². The normalized spacial score (nSPS) is 13.0. The summed E-state index contributed by atoms with van der Waals surface area (Å²) in [6.45, 7) is 4.70. The van der Waals surface area contributed by atoms with Gasteiger partial charge in [0.2, 0.25) is 0 Å². The first-order chi connectivity index (χ1) is 23.6. The molecule has 0 aliphatic heterocycles. The highest BCUT2D eigenvalue weighted by molar-refractivity contribution is 6.17. The van der Waals surface area contributed by atoms with Gasteiger partial charge in [0, 0.05) is 38.9 Å². The lowest BCUT2D eigenvalue weighted by molar-refractivity contribution is 0.648. The Bertz CT molecular complexity index is 2330. The molecule has 1 aliphatic rings. The minimum Gasteiger partial charge on any atom is -0.452 e. The fourth-order valence-electron chi connectivity index (χ4n) is 7.68. The highest BCUT2D eigenvalue weighted by Gasteiger charge is 2.41. The van der Waals surface area contributed by atoms with Crippen LogP contribution in [0.4, 0.5) is 34.1 Å². The second-order valence-corrected chi connectivity index (χ2v) is 13.0. The zero-order valence-electron chi connectivity index (χ0n) is 27.0. The van der Waals surface area contributed by atoms with Crippen LogP contribution >= 0.6 is 0 Å². The minimum atomic E-state index is -0.265. The first-order valence-corrected chi connectivity index (χ1v) is 16.5. The zero-order chi connectivity index (χ0) is 32.2. The summed E-state index contributed by atoms with van der Waals surface area (Å²) in [7, 11) is 0. The van der Waals surface area contributed by atoms with Crippen LogP contribution in [0.5, 0.6) is 0 Å². The maximum Gasteiger partial charge on any atom is 0.159 e. The summed E-state index contributed by atoms with van der Waals surface area (Å²) in [5.41, 5.74) is 13.0. The predicted octanol–water partition coefficient (Wildman–Crippen LogP) is 12.8. The third-order valence-corrected chi connectivity index (χ3v) is 9.78. The number of fused-ring (bicyclic) bond motifs is 6. The molecule has 48 heavy (non-hydrogen) atoms. The van der Waals surface area contributed by atoms with Crippen molar-refractivity contribution in [1.82, 2.24) is 0 Å². The van der Waals surface area contributed by atoms with Gasteiger partial charge in [0.15, 0.2) is 11.2 Å². The highest BCUT2D eigenvalue weighted by atomic mass is 16.3. The third kappa shape index (κ3) is 4.28. The molecule has 0 N–H and O–H groups in total. The van der Waals surface area contributed by atoms with Gasteiger partial charge < -0.3 is 14.2 Å². The Morgan fingerprint density at radius 3 is 1.50 bits per heavy atom. The molecule has 230 valence electrons.